The first-order valence-electron chi connectivity index (χ1n) is 5.98. The third-order valence-electron chi connectivity index (χ3n) is 2.91. The Balaban J connectivity index is 1.88. The molecule has 0 amide bonds. The molecule has 0 aromatic heterocycles. The molecular formula is C10H22N4S2. The van der Waals surface area contributed by atoms with Crippen LogP contribution >= 0.6 is 21.6 Å². The maximum absolute atomic E-state index is 3.66. The summed E-state index contributed by atoms with van der Waals surface area (Å²) in [6.07, 6.45) is 2.54. The molecule has 0 aromatic rings. The SMILES string of the molecule is CCCN1CCCN1C1NC(N(C)C)SS1. The fourth-order valence-electron chi connectivity index (χ4n) is 2.10. The third-order valence-corrected chi connectivity index (χ3v) is 5.75. The smallest absolute Gasteiger partial charge is 0.133 e. The molecule has 2 aliphatic rings. The van der Waals surface area contributed by atoms with Crippen LogP contribution in [0.4, 0.5) is 0 Å². The van der Waals surface area contributed by atoms with Gasteiger partial charge in [-0.15, -0.1) is 0 Å². The Bertz CT molecular complexity index is 227. The first-order chi connectivity index (χ1) is 7.72. The van der Waals surface area contributed by atoms with Crippen LogP contribution in [0.2, 0.25) is 0 Å². The summed E-state index contributed by atoms with van der Waals surface area (Å²) >= 11 is 0. The summed E-state index contributed by atoms with van der Waals surface area (Å²) in [6, 6.07) is 0. The number of nitrogens with zero attached hydrogens (tertiary/aromatic N) is 3. The Labute approximate surface area is 106 Å². The second-order valence-corrected chi connectivity index (χ2v) is 6.93. The summed E-state index contributed by atoms with van der Waals surface area (Å²) in [5.41, 5.74) is 0.894. The number of hydrazine groups is 1. The van der Waals surface area contributed by atoms with Crippen molar-refractivity contribution >= 4 is 21.6 Å². The highest BCUT2D eigenvalue weighted by Gasteiger charge is 2.35. The van der Waals surface area contributed by atoms with Crippen molar-refractivity contribution in [3.05, 3.63) is 0 Å². The van der Waals surface area contributed by atoms with Gasteiger partial charge >= 0.3 is 0 Å². The van der Waals surface area contributed by atoms with Gasteiger partial charge in [-0.1, -0.05) is 28.5 Å². The lowest BCUT2D eigenvalue weighted by Gasteiger charge is -2.32. The van der Waals surface area contributed by atoms with Gasteiger partial charge in [0.1, 0.15) is 11.0 Å². The highest BCUT2D eigenvalue weighted by Crippen LogP contribution is 2.39. The predicted molar refractivity (Wildman–Crippen MR) is 72.8 cm³/mol. The minimum atomic E-state index is 0.444. The maximum Gasteiger partial charge on any atom is 0.133 e. The highest BCUT2D eigenvalue weighted by atomic mass is 33.1. The van der Waals surface area contributed by atoms with Gasteiger partial charge in [-0.3, -0.25) is 10.2 Å². The van der Waals surface area contributed by atoms with Crippen LogP contribution in [0.1, 0.15) is 19.8 Å². The molecule has 2 unspecified atom stereocenters. The molecule has 4 nitrogen and oxygen atoms in total. The van der Waals surface area contributed by atoms with Gasteiger partial charge in [0.05, 0.1) is 0 Å². The van der Waals surface area contributed by atoms with Gasteiger partial charge in [-0.25, -0.2) is 10.0 Å². The van der Waals surface area contributed by atoms with Crippen molar-refractivity contribution in [2.75, 3.05) is 33.7 Å². The van der Waals surface area contributed by atoms with E-state index in [2.05, 4.69) is 41.3 Å². The van der Waals surface area contributed by atoms with Gasteiger partial charge in [0, 0.05) is 19.6 Å². The van der Waals surface area contributed by atoms with Crippen LogP contribution in [0.5, 0.6) is 0 Å². The maximum atomic E-state index is 3.66. The van der Waals surface area contributed by atoms with E-state index < -0.39 is 0 Å². The molecule has 0 bridgehead atoms. The molecule has 6 heteroatoms. The zero-order valence-corrected chi connectivity index (χ0v) is 12.0. The molecule has 2 heterocycles. The third kappa shape index (κ3) is 2.86. The van der Waals surface area contributed by atoms with Gasteiger partial charge in [-0.05, 0) is 26.9 Å². The standard InChI is InChI=1S/C10H22N4S2/c1-4-6-13-7-5-8-14(13)10-11-9(12(2)3)15-16-10/h9-11H,4-8H2,1-3H3. The van der Waals surface area contributed by atoms with E-state index in [-0.39, 0.29) is 0 Å². The van der Waals surface area contributed by atoms with Crippen molar-refractivity contribution in [2.45, 2.75) is 30.8 Å². The van der Waals surface area contributed by atoms with E-state index in [9.17, 15) is 0 Å². The minimum absolute atomic E-state index is 0.444. The molecule has 0 radical (unpaired) electrons. The normalized spacial score (nSPS) is 33.0. The van der Waals surface area contributed by atoms with E-state index in [1.165, 1.54) is 32.5 Å². The first-order valence-corrected chi connectivity index (χ1v) is 8.26. The molecule has 2 aliphatic heterocycles. The lowest BCUT2D eigenvalue weighted by molar-refractivity contribution is 0.00309. The summed E-state index contributed by atoms with van der Waals surface area (Å²) in [6.45, 7) is 5.87. The molecule has 2 atom stereocenters. The van der Waals surface area contributed by atoms with Crippen LogP contribution < -0.4 is 5.32 Å². The Hall–Kier alpha value is 0.540. The van der Waals surface area contributed by atoms with Crippen LogP contribution in [0.15, 0.2) is 0 Å². The van der Waals surface area contributed by atoms with Crippen molar-refractivity contribution in [2.24, 2.45) is 0 Å². The van der Waals surface area contributed by atoms with Crippen molar-refractivity contribution in [3.63, 3.8) is 0 Å². The zero-order chi connectivity index (χ0) is 11.5. The van der Waals surface area contributed by atoms with Crippen LogP contribution in [0, 0.1) is 0 Å². The zero-order valence-electron chi connectivity index (χ0n) is 10.3. The molecule has 16 heavy (non-hydrogen) atoms. The van der Waals surface area contributed by atoms with Gasteiger partial charge < -0.3 is 0 Å². The number of nitrogens with one attached hydrogen (secondary N) is 1. The van der Waals surface area contributed by atoms with E-state index in [4.69, 9.17) is 0 Å². The summed E-state index contributed by atoms with van der Waals surface area (Å²) in [5.74, 6) is 0. The van der Waals surface area contributed by atoms with Gasteiger partial charge in [-0.2, -0.15) is 0 Å². The van der Waals surface area contributed by atoms with Crippen molar-refractivity contribution in [1.82, 2.24) is 20.2 Å². The molecule has 0 saturated carbocycles. The van der Waals surface area contributed by atoms with E-state index in [1.807, 2.05) is 21.6 Å². The molecule has 0 aromatic carbocycles. The van der Waals surface area contributed by atoms with Crippen LogP contribution in [0.3, 0.4) is 0 Å². The molecule has 0 spiro atoms. The summed E-state index contributed by atoms with van der Waals surface area (Å²) in [5, 5.41) is 8.66. The monoisotopic (exact) mass is 262 g/mol. The molecule has 1 N–H and O–H groups in total. The Morgan fingerprint density at radius 3 is 2.75 bits per heavy atom. The molecular weight excluding hydrogens is 240 g/mol. The lowest BCUT2D eigenvalue weighted by atomic mass is 10.4. The topological polar surface area (TPSA) is 21.8 Å². The summed E-state index contributed by atoms with van der Waals surface area (Å²) in [4.78, 5) is 2.23. The second-order valence-electron chi connectivity index (χ2n) is 4.50. The first kappa shape index (κ1) is 13.0. The van der Waals surface area contributed by atoms with E-state index in [1.54, 1.807) is 0 Å². The molecule has 0 aliphatic carbocycles. The Morgan fingerprint density at radius 1 is 1.31 bits per heavy atom. The largest absolute Gasteiger partial charge is 0.285 e. The average Bonchev–Trinajstić information content (AvgIpc) is 2.84. The van der Waals surface area contributed by atoms with E-state index in [0.717, 1.165) is 0 Å². The summed E-state index contributed by atoms with van der Waals surface area (Å²) < 4.78 is 0. The van der Waals surface area contributed by atoms with Crippen LogP contribution in [0.25, 0.3) is 0 Å². The average molecular weight is 262 g/mol. The second kappa shape index (κ2) is 5.93. The van der Waals surface area contributed by atoms with E-state index >= 15 is 0 Å². The number of rotatable bonds is 4. The van der Waals surface area contributed by atoms with Crippen LogP contribution in [-0.4, -0.2) is 59.6 Å². The quantitative estimate of drug-likeness (QED) is 0.769. The van der Waals surface area contributed by atoms with E-state index in [0.29, 0.717) is 11.0 Å². The fourth-order valence-corrected chi connectivity index (χ4v) is 5.06. The molecule has 2 rings (SSSR count). The molecule has 2 fully saturated rings. The summed E-state index contributed by atoms with van der Waals surface area (Å²) in [7, 11) is 8.14. The number of hydrogen-bond donors (Lipinski definition) is 1. The van der Waals surface area contributed by atoms with Gasteiger partial charge in [0.15, 0.2) is 0 Å². The minimum Gasteiger partial charge on any atom is -0.285 e. The fraction of sp³-hybridized carbons (Fsp3) is 1.00. The van der Waals surface area contributed by atoms with Gasteiger partial charge in [0.2, 0.25) is 0 Å². The molecule has 2 saturated heterocycles. The van der Waals surface area contributed by atoms with Crippen LogP contribution in [-0.2, 0) is 0 Å². The number of hydrogen-bond acceptors (Lipinski definition) is 6. The van der Waals surface area contributed by atoms with Crippen molar-refractivity contribution < 1.29 is 0 Å². The van der Waals surface area contributed by atoms with Crippen molar-refractivity contribution in [1.29, 1.82) is 0 Å². The van der Waals surface area contributed by atoms with Gasteiger partial charge in [0.25, 0.3) is 0 Å². The predicted octanol–water partition coefficient (Wildman–Crippen LogP) is 1.43. The Kier molecular flexibility index (Phi) is 4.81. The highest BCUT2D eigenvalue weighted by molar-refractivity contribution is 8.77. The molecule has 94 valence electrons. The lowest BCUT2D eigenvalue weighted by Crippen LogP contribution is -2.50. The Morgan fingerprint density at radius 2 is 2.12 bits per heavy atom. The van der Waals surface area contributed by atoms with Crippen molar-refractivity contribution in [3.8, 4) is 0 Å².